The Morgan fingerprint density at radius 3 is 2.13 bits per heavy atom. The van der Waals surface area contributed by atoms with Crippen molar-refractivity contribution in [2.45, 2.75) is 76.3 Å². The molecule has 0 unspecified atom stereocenters. The summed E-state index contributed by atoms with van der Waals surface area (Å²) in [5.74, 6) is 5.32. The van der Waals surface area contributed by atoms with Crippen molar-refractivity contribution in [3.8, 4) is 0 Å². The molecule has 1 heterocycles. The van der Waals surface area contributed by atoms with Crippen molar-refractivity contribution in [3.63, 3.8) is 0 Å². The summed E-state index contributed by atoms with van der Waals surface area (Å²) >= 11 is 0. The maximum Gasteiger partial charge on any atom is 0.237 e. The van der Waals surface area contributed by atoms with Crippen LogP contribution in [0.2, 0.25) is 0 Å². The number of hydrogen-bond acceptors (Lipinski definition) is 2. The quantitative estimate of drug-likeness (QED) is 0.840. The molecule has 6 fully saturated rings. The highest BCUT2D eigenvalue weighted by Crippen LogP contribution is 2.53. The summed E-state index contributed by atoms with van der Waals surface area (Å²) in [6, 6.07) is 0.609. The van der Waals surface area contributed by atoms with Crippen LogP contribution in [0.25, 0.3) is 0 Å². The number of rotatable bonds is 3. The molecule has 1 aliphatic heterocycles. The molecule has 2 atom stereocenters. The van der Waals surface area contributed by atoms with Gasteiger partial charge in [0.1, 0.15) is 0 Å². The summed E-state index contributed by atoms with van der Waals surface area (Å²) in [7, 11) is 0. The molecule has 5 saturated carbocycles. The Hall–Kier alpha value is -0.570. The normalized spacial score (nSPS) is 49.0. The molecule has 4 bridgehead atoms. The van der Waals surface area contributed by atoms with Crippen LogP contribution in [0.1, 0.15) is 64.2 Å². The standard InChI is InChI=1S/C20H32N2O/c23-20(19-17(5-6-21-19)14-3-1-2-4-14)22-18-15-8-12-7-13(10-15)11-16(18)9-12/h12-19,21H,1-11H2,(H,22,23)/t12?,13?,15?,16?,17-,18?,19+/m1/s1. The Bertz CT molecular complexity index is 442. The molecule has 3 nitrogen and oxygen atoms in total. The zero-order chi connectivity index (χ0) is 15.4. The maximum absolute atomic E-state index is 13.0. The molecule has 1 saturated heterocycles. The summed E-state index contributed by atoms with van der Waals surface area (Å²) in [5.41, 5.74) is 0. The van der Waals surface area contributed by atoms with Crippen LogP contribution in [-0.4, -0.2) is 24.5 Å². The van der Waals surface area contributed by atoms with Gasteiger partial charge >= 0.3 is 0 Å². The van der Waals surface area contributed by atoms with Crippen molar-refractivity contribution in [2.24, 2.45) is 35.5 Å². The van der Waals surface area contributed by atoms with E-state index in [1.165, 1.54) is 64.2 Å². The molecular formula is C20H32N2O. The highest BCUT2D eigenvalue weighted by atomic mass is 16.2. The van der Waals surface area contributed by atoms with E-state index in [1.54, 1.807) is 0 Å². The summed E-state index contributed by atoms with van der Waals surface area (Å²) < 4.78 is 0. The van der Waals surface area contributed by atoms with Gasteiger partial charge in [-0.2, -0.15) is 0 Å². The highest BCUT2D eigenvalue weighted by molar-refractivity contribution is 5.83. The molecular weight excluding hydrogens is 284 g/mol. The molecule has 0 radical (unpaired) electrons. The highest BCUT2D eigenvalue weighted by Gasteiger charge is 2.49. The first-order valence-corrected chi connectivity index (χ1v) is 10.3. The molecule has 0 aromatic heterocycles. The van der Waals surface area contributed by atoms with Crippen molar-refractivity contribution in [1.82, 2.24) is 10.6 Å². The maximum atomic E-state index is 13.0. The lowest BCUT2D eigenvalue weighted by Crippen LogP contribution is -2.59. The summed E-state index contributed by atoms with van der Waals surface area (Å²) in [4.78, 5) is 13.0. The van der Waals surface area contributed by atoms with E-state index in [4.69, 9.17) is 0 Å². The first-order chi connectivity index (χ1) is 11.3. The zero-order valence-electron chi connectivity index (χ0n) is 14.3. The predicted molar refractivity (Wildman–Crippen MR) is 90.8 cm³/mol. The third-order valence-corrected chi connectivity index (χ3v) is 8.09. The van der Waals surface area contributed by atoms with Crippen LogP contribution in [0.3, 0.4) is 0 Å². The monoisotopic (exact) mass is 316 g/mol. The SMILES string of the molecule is O=C(NC1C2CC3CC(C2)CC1C3)[C@H]1NCC[C@@H]1C1CCCC1. The molecule has 3 heteroatoms. The predicted octanol–water partition coefficient (Wildman–Crippen LogP) is 3.10. The average molecular weight is 316 g/mol. The molecule has 128 valence electrons. The van der Waals surface area contributed by atoms with Gasteiger partial charge < -0.3 is 10.6 Å². The molecule has 2 N–H and O–H groups in total. The van der Waals surface area contributed by atoms with Crippen LogP contribution in [0.4, 0.5) is 0 Å². The number of carbonyl (C=O) groups is 1. The first kappa shape index (κ1) is 14.7. The van der Waals surface area contributed by atoms with E-state index >= 15 is 0 Å². The van der Waals surface area contributed by atoms with Crippen LogP contribution in [0, 0.1) is 35.5 Å². The van der Waals surface area contributed by atoms with Crippen LogP contribution in [-0.2, 0) is 4.79 Å². The summed E-state index contributed by atoms with van der Waals surface area (Å²) in [5, 5.41) is 7.10. The van der Waals surface area contributed by atoms with Gasteiger partial charge in [0.2, 0.25) is 5.91 Å². The molecule has 0 aromatic rings. The van der Waals surface area contributed by atoms with Crippen molar-refractivity contribution >= 4 is 5.91 Å². The van der Waals surface area contributed by atoms with Crippen molar-refractivity contribution in [2.75, 3.05) is 6.54 Å². The Morgan fingerprint density at radius 2 is 1.48 bits per heavy atom. The van der Waals surface area contributed by atoms with E-state index in [2.05, 4.69) is 10.6 Å². The first-order valence-electron chi connectivity index (χ1n) is 10.3. The molecule has 5 aliphatic carbocycles. The van der Waals surface area contributed by atoms with E-state index in [-0.39, 0.29) is 6.04 Å². The minimum absolute atomic E-state index is 0.107. The van der Waals surface area contributed by atoms with E-state index in [9.17, 15) is 4.79 Å². The van der Waals surface area contributed by atoms with Crippen molar-refractivity contribution in [1.29, 1.82) is 0 Å². The van der Waals surface area contributed by atoms with E-state index in [1.807, 2.05) is 0 Å². The summed E-state index contributed by atoms with van der Waals surface area (Å²) in [6.45, 7) is 1.04. The number of nitrogens with one attached hydrogen (secondary N) is 2. The largest absolute Gasteiger partial charge is 0.351 e. The third kappa shape index (κ3) is 2.54. The topological polar surface area (TPSA) is 41.1 Å². The Balaban J connectivity index is 1.26. The second-order valence-electron chi connectivity index (χ2n) is 9.39. The Labute approximate surface area is 140 Å². The van der Waals surface area contributed by atoms with Gasteiger partial charge in [-0.05, 0) is 80.6 Å². The van der Waals surface area contributed by atoms with Crippen LogP contribution >= 0.6 is 0 Å². The van der Waals surface area contributed by atoms with Crippen molar-refractivity contribution < 1.29 is 4.79 Å². The van der Waals surface area contributed by atoms with Crippen LogP contribution in [0.15, 0.2) is 0 Å². The zero-order valence-corrected chi connectivity index (χ0v) is 14.3. The second kappa shape index (κ2) is 5.75. The minimum atomic E-state index is 0.107. The van der Waals surface area contributed by atoms with E-state index in [0.29, 0.717) is 17.9 Å². The Kier molecular flexibility index (Phi) is 3.69. The van der Waals surface area contributed by atoms with Gasteiger partial charge in [-0.15, -0.1) is 0 Å². The Morgan fingerprint density at radius 1 is 0.826 bits per heavy atom. The third-order valence-electron chi connectivity index (χ3n) is 8.09. The smallest absolute Gasteiger partial charge is 0.237 e. The number of amides is 1. The molecule has 6 rings (SSSR count). The summed E-state index contributed by atoms with van der Waals surface area (Å²) in [6.07, 6.45) is 13.7. The van der Waals surface area contributed by atoms with Gasteiger partial charge in [-0.1, -0.05) is 25.7 Å². The fourth-order valence-electron chi connectivity index (χ4n) is 7.32. The molecule has 23 heavy (non-hydrogen) atoms. The van der Waals surface area contributed by atoms with Gasteiger partial charge in [0.05, 0.1) is 6.04 Å². The van der Waals surface area contributed by atoms with Gasteiger partial charge in [0, 0.05) is 6.04 Å². The van der Waals surface area contributed by atoms with Crippen LogP contribution in [0.5, 0.6) is 0 Å². The second-order valence-corrected chi connectivity index (χ2v) is 9.39. The molecule has 0 aromatic carbocycles. The lowest BCUT2D eigenvalue weighted by atomic mass is 9.54. The van der Waals surface area contributed by atoms with Gasteiger partial charge in [-0.25, -0.2) is 0 Å². The lowest BCUT2D eigenvalue weighted by Gasteiger charge is -2.54. The van der Waals surface area contributed by atoms with Crippen molar-refractivity contribution in [3.05, 3.63) is 0 Å². The lowest BCUT2D eigenvalue weighted by molar-refractivity contribution is -0.128. The number of hydrogen-bond donors (Lipinski definition) is 2. The van der Waals surface area contributed by atoms with Gasteiger partial charge in [-0.3, -0.25) is 4.79 Å². The average Bonchev–Trinajstić information content (AvgIpc) is 3.19. The number of carbonyl (C=O) groups excluding carboxylic acids is 1. The fourth-order valence-corrected chi connectivity index (χ4v) is 7.32. The molecule has 1 amide bonds. The van der Waals surface area contributed by atoms with E-state index in [0.717, 1.165) is 36.1 Å². The molecule has 0 spiro atoms. The van der Waals surface area contributed by atoms with E-state index < -0.39 is 0 Å². The fraction of sp³-hybridized carbons (Fsp3) is 0.950. The van der Waals surface area contributed by atoms with Crippen LogP contribution < -0.4 is 10.6 Å². The van der Waals surface area contributed by atoms with Gasteiger partial charge in [0.15, 0.2) is 0 Å². The van der Waals surface area contributed by atoms with Gasteiger partial charge in [0.25, 0.3) is 0 Å². The molecule has 6 aliphatic rings. The minimum Gasteiger partial charge on any atom is -0.351 e.